The molecule has 1 unspecified atom stereocenters. The van der Waals surface area contributed by atoms with Crippen LogP contribution in [-0.4, -0.2) is 24.8 Å². The van der Waals surface area contributed by atoms with E-state index in [-0.39, 0.29) is 24.2 Å². The van der Waals surface area contributed by atoms with Crippen LogP contribution in [0.4, 0.5) is 4.79 Å². The Morgan fingerprint density at radius 1 is 1.22 bits per heavy atom. The second-order valence-corrected chi connectivity index (χ2v) is 4.59. The van der Waals surface area contributed by atoms with Crippen molar-refractivity contribution in [1.29, 1.82) is 0 Å². The van der Waals surface area contributed by atoms with Crippen molar-refractivity contribution in [3.05, 3.63) is 48.0 Å². The molecule has 1 amide bonds. The summed E-state index contributed by atoms with van der Waals surface area (Å²) in [6, 6.07) is 10.1. The van der Waals surface area contributed by atoms with E-state index in [4.69, 9.17) is 9.47 Å². The van der Waals surface area contributed by atoms with Gasteiger partial charge < -0.3 is 14.8 Å². The molecule has 1 heterocycles. The Bertz CT molecular complexity index is 457. The molecule has 1 fully saturated rings. The summed E-state index contributed by atoms with van der Waals surface area (Å²) in [4.78, 5) is 11.1. The van der Waals surface area contributed by atoms with Crippen LogP contribution in [0.15, 0.2) is 42.5 Å². The van der Waals surface area contributed by atoms with E-state index in [1.807, 2.05) is 36.4 Å². The normalized spacial score (nSPS) is 28.9. The fourth-order valence-electron chi connectivity index (χ4n) is 2.37. The first-order valence-electron chi connectivity index (χ1n) is 6.10. The SMILES string of the molecule is O=C1NC2C=C[C@@H](COCc3ccccc3)[C@@H]2O1. The third-order valence-electron chi connectivity index (χ3n) is 3.29. The van der Waals surface area contributed by atoms with E-state index >= 15 is 0 Å². The van der Waals surface area contributed by atoms with Gasteiger partial charge in [0.1, 0.15) is 6.10 Å². The second kappa shape index (κ2) is 4.82. The largest absolute Gasteiger partial charge is 0.443 e. The Morgan fingerprint density at radius 3 is 2.89 bits per heavy atom. The van der Waals surface area contributed by atoms with E-state index in [2.05, 4.69) is 11.4 Å². The summed E-state index contributed by atoms with van der Waals surface area (Å²) in [5, 5.41) is 2.75. The van der Waals surface area contributed by atoms with E-state index in [1.165, 1.54) is 0 Å². The first kappa shape index (κ1) is 11.3. The van der Waals surface area contributed by atoms with Crippen LogP contribution in [0.3, 0.4) is 0 Å². The van der Waals surface area contributed by atoms with Crippen molar-refractivity contribution < 1.29 is 14.3 Å². The van der Waals surface area contributed by atoms with E-state index in [0.29, 0.717) is 13.2 Å². The highest BCUT2D eigenvalue weighted by Crippen LogP contribution is 2.26. The average molecular weight is 245 g/mol. The van der Waals surface area contributed by atoms with Crippen molar-refractivity contribution in [2.45, 2.75) is 18.8 Å². The fourth-order valence-corrected chi connectivity index (χ4v) is 2.37. The van der Waals surface area contributed by atoms with E-state index in [9.17, 15) is 4.79 Å². The molecule has 4 heteroatoms. The molecule has 1 aromatic carbocycles. The van der Waals surface area contributed by atoms with Crippen LogP contribution in [0.2, 0.25) is 0 Å². The van der Waals surface area contributed by atoms with Gasteiger partial charge in [0.05, 0.1) is 19.3 Å². The maximum atomic E-state index is 11.1. The van der Waals surface area contributed by atoms with Crippen molar-refractivity contribution in [1.82, 2.24) is 5.32 Å². The molecule has 0 spiro atoms. The predicted octanol–water partition coefficient (Wildman–Crippen LogP) is 1.87. The van der Waals surface area contributed by atoms with Gasteiger partial charge in [-0.15, -0.1) is 0 Å². The van der Waals surface area contributed by atoms with Gasteiger partial charge in [-0.2, -0.15) is 0 Å². The second-order valence-electron chi connectivity index (χ2n) is 4.59. The van der Waals surface area contributed by atoms with E-state index in [0.717, 1.165) is 5.56 Å². The first-order valence-corrected chi connectivity index (χ1v) is 6.10. The topological polar surface area (TPSA) is 47.6 Å². The Hall–Kier alpha value is -1.81. The van der Waals surface area contributed by atoms with Gasteiger partial charge in [-0.25, -0.2) is 4.79 Å². The molecule has 1 aliphatic heterocycles. The standard InChI is InChI=1S/C14H15NO3/c16-14-15-12-7-6-11(13(12)18-14)9-17-8-10-4-2-1-3-5-10/h1-7,11-13H,8-9H2,(H,15,16)/t11-,12?,13-/m0/s1. The Kier molecular flexibility index (Phi) is 3.02. The lowest BCUT2D eigenvalue weighted by atomic mass is 10.1. The molecule has 1 aliphatic carbocycles. The third kappa shape index (κ3) is 2.24. The third-order valence-corrected chi connectivity index (χ3v) is 3.29. The molecule has 3 atom stereocenters. The highest BCUT2D eigenvalue weighted by atomic mass is 16.6. The zero-order chi connectivity index (χ0) is 12.4. The number of benzene rings is 1. The molecule has 18 heavy (non-hydrogen) atoms. The molecule has 2 aliphatic rings. The molecule has 1 saturated heterocycles. The Balaban J connectivity index is 1.50. The summed E-state index contributed by atoms with van der Waals surface area (Å²) in [7, 11) is 0. The molecule has 0 aromatic heterocycles. The molecule has 0 radical (unpaired) electrons. The number of hydrogen-bond acceptors (Lipinski definition) is 3. The lowest BCUT2D eigenvalue weighted by Crippen LogP contribution is -2.30. The molecule has 1 aromatic rings. The van der Waals surface area contributed by atoms with Gasteiger partial charge in [-0.05, 0) is 5.56 Å². The van der Waals surface area contributed by atoms with E-state index in [1.54, 1.807) is 0 Å². The number of ether oxygens (including phenoxy) is 2. The van der Waals surface area contributed by atoms with E-state index < -0.39 is 0 Å². The van der Waals surface area contributed by atoms with Gasteiger partial charge in [0.2, 0.25) is 0 Å². The number of fused-ring (bicyclic) bond motifs is 1. The molecule has 3 rings (SSSR count). The summed E-state index contributed by atoms with van der Waals surface area (Å²) in [6.45, 7) is 1.16. The molecule has 0 saturated carbocycles. The highest BCUT2D eigenvalue weighted by Gasteiger charge is 2.41. The van der Waals surface area contributed by atoms with Crippen LogP contribution < -0.4 is 5.32 Å². The van der Waals surface area contributed by atoms with Crippen molar-refractivity contribution >= 4 is 6.09 Å². The van der Waals surface area contributed by atoms with Gasteiger partial charge in [0.25, 0.3) is 0 Å². The van der Waals surface area contributed by atoms with Crippen LogP contribution >= 0.6 is 0 Å². The van der Waals surface area contributed by atoms with Crippen molar-refractivity contribution in [3.8, 4) is 0 Å². The van der Waals surface area contributed by atoms with Crippen molar-refractivity contribution in [2.24, 2.45) is 5.92 Å². The maximum absolute atomic E-state index is 11.1. The first-order chi connectivity index (χ1) is 8.83. The minimum Gasteiger partial charge on any atom is -0.443 e. The molecule has 94 valence electrons. The molecular formula is C14H15NO3. The quantitative estimate of drug-likeness (QED) is 0.824. The van der Waals surface area contributed by atoms with Gasteiger partial charge in [0.15, 0.2) is 0 Å². The van der Waals surface area contributed by atoms with Gasteiger partial charge in [-0.1, -0.05) is 42.5 Å². The summed E-state index contributed by atoms with van der Waals surface area (Å²) >= 11 is 0. The molecular weight excluding hydrogens is 230 g/mol. The molecule has 0 bridgehead atoms. The highest BCUT2D eigenvalue weighted by molar-refractivity contribution is 5.71. The lowest BCUT2D eigenvalue weighted by Gasteiger charge is -2.16. The summed E-state index contributed by atoms with van der Waals surface area (Å²) in [5.74, 6) is 0.151. The lowest BCUT2D eigenvalue weighted by molar-refractivity contribution is 0.0478. The minimum atomic E-state index is -0.331. The number of alkyl carbamates (subject to hydrolysis) is 1. The molecule has 1 N–H and O–H groups in total. The number of amides is 1. The Morgan fingerprint density at radius 2 is 2.06 bits per heavy atom. The predicted molar refractivity (Wildman–Crippen MR) is 65.9 cm³/mol. The zero-order valence-electron chi connectivity index (χ0n) is 9.91. The van der Waals surface area contributed by atoms with Gasteiger partial charge in [-0.3, -0.25) is 0 Å². The van der Waals surface area contributed by atoms with Crippen molar-refractivity contribution in [3.63, 3.8) is 0 Å². The number of hydrogen-bond donors (Lipinski definition) is 1. The fraction of sp³-hybridized carbons (Fsp3) is 0.357. The van der Waals surface area contributed by atoms with Crippen LogP contribution in [0.25, 0.3) is 0 Å². The van der Waals surface area contributed by atoms with Crippen LogP contribution in [0.5, 0.6) is 0 Å². The Labute approximate surface area is 106 Å². The van der Waals surface area contributed by atoms with Gasteiger partial charge in [0, 0.05) is 5.92 Å². The van der Waals surface area contributed by atoms with Crippen molar-refractivity contribution in [2.75, 3.05) is 6.61 Å². The monoisotopic (exact) mass is 245 g/mol. The summed E-state index contributed by atoms with van der Waals surface area (Å²) < 4.78 is 10.9. The number of carbonyl (C=O) groups excluding carboxylic acids is 1. The number of rotatable bonds is 4. The molecule has 4 nitrogen and oxygen atoms in total. The van der Waals surface area contributed by atoms with Crippen LogP contribution in [0.1, 0.15) is 5.56 Å². The minimum absolute atomic E-state index is 0.0165. The summed E-state index contributed by atoms with van der Waals surface area (Å²) in [5.41, 5.74) is 1.15. The smallest absolute Gasteiger partial charge is 0.408 e. The zero-order valence-corrected chi connectivity index (χ0v) is 9.91. The summed E-state index contributed by atoms with van der Waals surface area (Å²) in [6.07, 6.45) is 3.60. The van der Waals surface area contributed by atoms with Crippen LogP contribution in [0, 0.1) is 5.92 Å². The number of nitrogens with one attached hydrogen (secondary N) is 1. The average Bonchev–Trinajstić information content (AvgIpc) is 2.91. The van der Waals surface area contributed by atoms with Crippen LogP contribution in [-0.2, 0) is 16.1 Å². The maximum Gasteiger partial charge on any atom is 0.408 e. The number of carbonyl (C=O) groups is 1. The van der Waals surface area contributed by atoms with Gasteiger partial charge >= 0.3 is 6.09 Å².